The number of carbonyl (C=O) groups excluding carboxylic acids is 1. The first-order chi connectivity index (χ1) is 13.5. The summed E-state index contributed by atoms with van der Waals surface area (Å²) in [6.07, 6.45) is 0.929. The van der Waals surface area contributed by atoms with Gasteiger partial charge in [0.25, 0.3) is 0 Å². The van der Waals surface area contributed by atoms with Gasteiger partial charge >= 0.3 is 0 Å². The van der Waals surface area contributed by atoms with Crippen molar-refractivity contribution in [2.45, 2.75) is 26.7 Å². The standard InChI is InChI=1S/C22H24N4O2/c1-14-20(15(2)25-22(23)24-14)11-12-21(27)26-18-9-7-16(8-10-18)17-5-4-6-19(13-17)28-3/h4-10,13H,11-12H2,1-3H3,(H,26,27)(H2,23,24,25). The van der Waals surface area contributed by atoms with Crippen molar-refractivity contribution < 1.29 is 9.53 Å². The fourth-order valence-electron chi connectivity index (χ4n) is 3.14. The largest absolute Gasteiger partial charge is 0.497 e. The first kappa shape index (κ1) is 19.4. The van der Waals surface area contributed by atoms with Crippen LogP contribution >= 0.6 is 0 Å². The molecule has 0 radical (unpaired) electrons. The molecule has 6 nitrogen and oxygen atoms in total. The third-order valence-electron chi connectivity index (χ3n) is 4.61. The Bertz CT molecular complexity index is 961. The number of hydrogen-bond acceptors (Lipinski definition) is 5. The summed E-state index contributed by atoms with van der Waals surface area (Å²) in [6, 6.07) is 15.6. The lowest BCUT2D eigenvalue weighted by Gasteiger charge is -2.10. The molecule has 0 aliphatic rings. The number of nitrogen functional groups attached to an aromatic ring is 1. The Morgan fingerprint density at radius 3 is 2.36 bits per heavy atom. The second-order valence-electron chi connectivity index (χ2n) is 6.59. The number of methoxy groups -OCH3 is 1. The molecule has 0 bridgehead atoms. The van der Waals surface area contributed by atoms with E-state index >= 15 is 0 Å². The van der Waals surface area contributed by atoms with Crippen molar-refractivity contribution in [1.82, 2.24) is 9.97 Å². The third-order valence-corrected chi connectivity index (χ3v) is 4.61. The lowest BCUT2D eigenvalue weighted by molar-refractivity contribution is -0.116. The summed E-state index contributed by atoms with van der Waals surface area (Å²) >= 11 is 0. The van der Waals surface area contributed by atoms with Crippen LogP contribution in [0, 0.1) is 13.8 Å². The van der Waals surface area contributed by atoms with Crippen LogP contribution in [0.3, 0.4) is 0 Å². The highest BCUT2D eigenvalue weighted by molar-refractivity contribution is 5.91. The van der Waals surface area contributed by atoms with Crippen LogP contribution in [0.5, 0.6) is 5.75 Å². The van der Waals surface area contributed by atoms with Crippen molar-refractivity contribution in [3.8, 4) is 16.9 Å². The van der Waals surface area contributed by atoms with Gasteiger partial charge < -0.3 is 15.8 Å². The van der Waals surface area contributed by atoms with Gasteiger partial charge in [0.2, 0.25) is 11.9 Å². The summed E-state index contributed by atoms with van der Waals surface area (Å²) in [7, 11) is 1.65. The second kappa shape index (κ2) is 8.52. The number of carbonyl (C=O) groups is 1. The number of nitrogens with two attached hydrogens (primary N) is 1. The molecule has 3 rings (SSSR count). The van der Waals surface area contributed by atoms with Gasteiger partial charge in [-0.2, -0.15) is 0 Å². The number of hydrogen-bond donors (Lipinski definition) is 2. The van der Waals surface area contributed by atoms with Crippen LogP contribution in [0.15, 0.2) is 48.5 Å². The molecule has 0 fully saturated rings. The predicted octanol–water partition coefficient (Wildman–Crippen LogP) is 3.92. The van der Waals surface area contributed by atoms with Gasteiger partial charge in [-0.1, -0.05) is 24.3 Å². The normalized spacial score (nSPS) is 10.5. The molecule has 0 aliphatic heterocycles. The average molecular weight is 376 g/mol. The Morgan fingerprint density at radius 1 is 1.04 bits per heavy atom. The Labute approximate surface area is 164 Å². The lowest BCUT2D eigenvalue weighted by Crippen LogP contribution is -2.14. The molecular weight excluding hydrogens is 352 g/mol. The Kier molecular flexibility index (Phi) is 5.89. The summed E-state index contributed by atoms with van der Waals surface area (Å²) in [5, 5.41) is 2.93. The molecule has 28 heavy (non-hydrogen) atoms. The van der Waals surface area contributed by atoms with Crippen molar-refractivity contribution in [2.24, 2.45) is 0 Å². The van der Waals surface area contributed by atoms with E-state index in [0.717, 1.165) is 39.5 Å². The zero-order valence-corrected chi connectivity index (χ0v) is 16.3. The third kappa shape index (κ3) is 4.65. The van der Waals surface area contributed by atoms with Gasteiger partial charge in [0.05, 0.1) is 7.11 Å². The number of aryl methyl sites for hydroxylation is 2. The molecule has 0 atom stereocenters. The smallest absolute Gasteiger partial charge is 0.224 e. The number of aromatic nitrogens is 2. The number of rotatable bonds is 6. The maximum absolute atomic E-state index is 12.3. The van der Waals surface area contributed by atoms with E-state index in [4.69, 9.17) is 10.5 Å². The zero-order valence-electron chi connectivity index (χ0n) is 16.3. The summed E-state index contributed by atoms with van der Waals surface area (Å²) in [4.78, 5) is 20.7. The van der Waals surface area contributed by atoms with E-state index in [1.54, 1.807) is 7.11 Å². The summed E-state index contributed by atoms with van der Waals surface area (Å²) in [6.45, 7) is 3.77. The van der Waals surface area contributed by atoms with Crippen molar-refractivity contribution in [1.29, 1.82) is 0 Å². The maximum atomic E-state index is 12.3. The molecular formula is C22H24N4O2. The predicted molar refractivity (Wildman–Crippen MR) is 111 cm³/mol. The molecule has 1 aromatic heterocycles. The second-order valence-corrected chi connectivity index (χ2v) is 6.59. The highest BCUT2D eigenvalue weighted by atomic mass is 16.5. The molecule has 0 saturated heterocycles. The molecule has 0 spiro atoms. The van der Waals surface area contributed by atoms with Crippen LogP contribution < -0.4 is 15.8 Å². The molecule has 144 valence electrons. The molecule has 0 unspecified atom stereocenters. The van der Waals surface area contributed by atoms with Crippen molar-refractivity contribution in [3.05, 3.63) is 65.5 Å². The quantitative estimate of drug-likeness (QED) is 0.680. The summed E-state index contributed by atoms with van der Waals surface area (Å²) in [5.41, 5.74) is 11.1. The zero-order chi connectivity index (χ0) is 20.1. The molecule has 3 N–H and O–H groups in total. The van der Waals surface area contributed by atoms with Gasteiger partial charge in [-0.05, 0) is 61.2 Å². The van der Waals surface area contributed by atoms with Gasteiger partial charge in [-0.25, -0.2) is 9.97 Å². The van der Waals surface area contributed by atoms with E-state index in [1.165, 1.54) is 0 Å². The van der Waals surface area contributed by atoms with Gasteiger partial charge in [0, 0.05) is 23.5 Å². The number of ether oxygens (including phenoxy) is 1. The molecule has 1 amide bonds. The summed E-state index contributed by atoms with van der Waals surface area (Å²) < 4.78 is 5.27. The van der Waals surface area contributed by atoms with E-state index in [-0.39, 0.29) is 11.9 Å². The SMILES string of the molecule is COc1cccc(-c2ccc(NC(=O)CCc3c(C)nc(N)nc3C)cc2)c1. The van der Waals surface area contributed by atoms with Crippen LogP contribution in [-0.4, -0.2) is 23.0 Å². The van der Waals surface area contributed by atoms with E-state index in [2.05, 4.69) is 15.3 Å². The van der Waals surface area contributed by atoms with Crippen LogP contribution in [0.2, 0.25) is 0 Å². The van der Waals surface area contributed by atoms with E-state index in [1.807, 2.05) is 62.4 Å². The fourth-order valence-corrected chi connectivity index (χ4v) is 3.14. The Balaban J connectivity index is 1.62. The van der Waals surface area contributed by atoms with Crippen LogP contribution in [-0.2, 0) is 11.2 Å². The number of anilines is 2. The topological polar surface area (TPSA) is 90.1 Å². The number of nitrogens with one attached hydrogen (secondary N) is 1. The molecule has 0 saturated carbocycles. The average Bonchev–Trinajstić information content (AvgIpc) is 2.67. The Hall–Kier alpha value is -3.41. The number of amides is 1. The van der Waals surface area contributed by atoms with Gasteiger partial charge in [-0.15, -0.1) is 0 Å². The highest BCUT2D eigenvalue weighted by Crippen LogP contribution is 2.25. The highest BCUT2D eigenvalue weighted by Gasteiger charge is 2.10. The Morgan fingerprint density at radius 2 is 1.71 bits per heavy atom. The van der Waals surface area contributed by atoms with Crippen LogP contribution in [0.4, 0.5) is 11.6 Å². The number of benzene rings is 2. The van der Waals surface area contributed by atoms with E-state index in [0.29, 0.717) is 12.8 Å². The molecule has 3 aromatic rings. The molecule has 1 heterocycles. The first-order valence-corrected chi connectivity index (χ1v) is 9.10. The van der Waals surface area contributed by atoms with Gasteiger partial charge in [0.15, 0.2) is 0 Å². The maximum Gasteiger partial charge on any atom is 0.224 e. The fraction of sp³-hybridized carbons (Fsp3) is 0.227. The van der Waals surface area contributed by atoms with Gasteiger partial charge in [-0.3, -0.25) is 4.79 Å². The van der Waals surface area contributed by atoms with Crippen molar-refractivity contribution in [3.63, 3.8) is 0 Å². The minimum absolute atomic E-state index is 0.0512. The summed E-state index contributed by atoms with van der Waals surface area (Å²) in [5.74, 6) is 1.02. The monoisotopic (exact) mass is 376 g/mol. The van der Waals surface area contributed by atoms with Gasteiger partial charge in [0.1, 0.15) is 5.75 Å². The van der Waals surface area contributed by atoms with Crippen LogP contribution in [0.1, 0.15) is 23.4 Å². The van der Waals surface area contributed by atoms with Crippen LogP contribution in [0.25, 0.3) is 11.1 Å². The molecule has 6 heteroatoms. The van der Waals surface area contributed by atoms with Crippen molar-refractivity contribution in [2.75, 3.05) is 18.2 Å². The first-order valence-electron chi connectivity index (χ1n) is 9.10. The van der Waals surface area contributed by atoms with E-state index < -0.39 is 0 Å². The lowest BCUT2D eigenvalue weighted by atomic mass is 10.0. The molecule has 0 aliphatic carbocycles. The number of nitrogens with zero attached hydrogens (tertiary/aromatic N) is 2. The molecule has 2 aromatic carbocycles. The minimum Gasteiger partial charge on any atom is -0.497 e. The van der Waals surface area contributed by atoms with E-state index in [9.17, 15) is 4.79 Å². The van der Waals surface area contributed by atoms with Crippen molar-refractivity contribution >= 4 is 17.5 Å². The minimum atomic E-state index is -0.0512.